The first-order valence-corrected chi connectivity index (χ1v) is 6.22. The molecule has 0 fully saturated rings. The van der Waals surface area contributed by atoms with E-state index >= 15 is 0 Å². The summed E-state index contributed by atoms with van der Waals surface area (Å²) in [5.74, 6) is -1.81. The highest BCUT2D eigenvalue weighted by Crippen LogP contribution is 2.11. The zero-order valence-electron chi connectivity index (χ0n) is 9.89. The molecule has 4 nitrogen and oxygen atoms in total. The van der Waals surface area contributed by atoms with Gasteiger partial charge in [-0.15, -0.1) is 0 Å². The van der Waals surface area contributed by atoms with Crippen molar-refractivity contribution >= 4 is 33.9 Å². The molecule has 0 saturated carbocycles. The summed E-state index contributed by atoms with van der Waals surface area (Å²) in [5.41, 5.74) is 0.902. The normalized spacial score (nSPS) is 12.3. The second-order valence-corrected chi connectivity index (χ2v) is 4.78. The second-order valence-electron chi connectivity index (χ2n) is 3.87. The third-order valence-electron chi connectivity index (χ3n) is 2.30. The molecular formula is C13H14BrNO3. The van der Waals surface area contributed by atoms with Crippen LogP contribution in [0.25, 0.3) is 6.08 Å². The third-order valence-corrected chi connectivity index (χ3v) is 2.83. The van der Waals surface area contributed by atoms with E-state index in [2.05, 4.69) is 21.2 Å². The maximum absolute atomic E-state index is 11.4. The Morgan fingerprint density at radius 2 is 2.00 bits per heavy atom. The average molecular weight is 312 g/mol. The molecule has 0 saturated heterocycles. The number of halogens is 1. The largest absolute Gasteiger partial charge is 0.481 e. The van der Waals surface area contributed by atoms with E-state index in [0.29, 0.717) is 0 Å². The van der Waals surface area contributed by atoms with E-state index in [1.807, 2.05) is 24.3 Å². The number of hydrogen-bond acceptors (Lipinski definition) is 2. The predicted molar refractivity (Wildman–Crippen MR) is 73.0 cm³/mol. The van der Waals surface area contributed by atoms with Crippen molar-refractivity contribution in [1.29, 1.82) is 0 Å². The van der Waals surface area contributed by atoms with Gasteiger partial charge in [0.25, 0.3) is 0 Å². The van der Waals surface area contributed by atoms with Gasteiger partial charge in [-0.05, 0) is 23.8 Å². The summed E-state index contributed by atoms with van der Waals surface area (Å²) in [6.45, 7) is 1.67. The minimum Gasteiger partial charge on any atom is -0.481 e. The van der Waals surface area contributed by atoms with Crippen LogP contribution in [0.4, 0.5) is 0 Å². The Labute approximate surface area is 114 Å². The number of carboxylic acid groups (broad SMARTS) is 1. The van der Waals surface area contributed by atoms with Gasteiger partial charge in [0.1, 0.15) is 0 Å². The smallest absolute Gasteiger partial charge is 0.308 e. The molecular weight excluding hydrogens is 298 g/mol. The van der Waals surface area contributed by atoms with Crippen LogP contribution in [-0.4, -0.2) is 23.5 Å². The van der Waals surface area contributed by atoms with E-state index in [1.54, 1.807) is 13.0 Å². The average Bonchev–Trinajstić information content (AvgIpc) is 2.35. The maximum atomic E-state index is 11.4. The van der Waals surface area contributed by atoms with E-state index in [1.165, 1.54) is 6.08 Å². The van der Waals surface area contributed by atoms with Crippen LogP contribution in [0.5, 0.6) is 0 Å². The van der Waals surface area contributed by atoms with Crippen molar-refractivity contribution in [3.05, 3.63) is 40.4 Å². The van der Waals surface area contributed by atoms with Gasteiger partial charge in [0.2, 0.25) is 5.91 Å². The number of rotatable bonds is 5. The third kappa shape index (κ3) is 5.14. The van der Waals surface area contributed by atoms with Crippen LogP contribution in [0.2, 0.25) is 0 Å². The number of hydrogen-bond donors (Lipinski definition) is 2. The number of amides is 1. The van der Waals surface area contributed by atoms with Crippen molar-refractivity contribution < 1.29 is 14.7 Å². The van der Waals surface area contributed by atoms with Crippen LogP contribution < -0.4 is 5.32 Å². The Morgan fingerprint density at radius 3 is 2.56 bits per heavy atom. The minimum atomic E-state index is -0.924. The molecule has 1 aromatic rings. The zero-order chi connectivity index (χ0) is 13.5. The minimum absolute atomic E-state index is 0.124. The molecule has 0 heterocycles. The Bertz CT molecular complexity index is 454. The van der Waals surface area contributed by atoms with Gasteiger partial charge >= 0.3 is 5.97 Å². The predicted octanol–water partition coefficient (Wildman–Crippen LogP) is 2.30. The summed E-state index contributed by atoms with van der Waals surface area (Å²) in [4.78, 5) is 22.0. The first-order valence-electron chi connectivity index (χ1n) is 5.43. The fraction of sp³-hybridized carbons (Fsp3) is 0.231. The lowest BCUT2D eigenvalue weighted by Gasteiger charge is -2.05. The summed E-state index contributed by atoms with van der Waals surface area (Å²) >= 11 is 3.32. The molecule has 5 heteroatoms. The van der Waals surface area contributed by atoms with Crippen LogP contribution in [-0.2, 0) is 9.59 Å². The monoisotopic (exact) mass is 311 g/mol. The van der Waals surface area contributed by atoms with E-state index in [-0.39, 0.29) is 12.5 Å². The SMILES string of the molecule is CC(CNC(=O)/C=C/c1ccc(Br)cc1)C(=O)O. The first-order chi connectivity index (χ1) is 8.49. The number of aliphatic carboxylic acids is 1. The molecule has 18 heavy (non-hydrogen) atoms. The van der Waals surface area contributed by atoms with Crippen molar-refractivity contribution in [3.8, 4) is 0 Å². The van der Waals surface area contributed by atoms with Gasteiger partial charge in [0.15, 0.2) is 0 Å². The highest BCUT2D eigenvalue weighted by Gasteiger charge is 2.10. The van der Waals surface area contributed by atoms with Gasteiger partial charge in [-0.1, -0.05) is 35.0 Å². The van der Waals surface area contributed by atoms with Crippen molar-refractivity contribution in [2.24, 2.45) is 5.92 Å². The number of carbonyl (C=O) groups excluding carboxylic acids is 1. The Kier molecular flexibility index (Phi) is 5.58. The molecule has 2 N–H and O–H groups in total. The van der Waals surface area contributed by atoms with Crippen molar-refractivity contribution in [3.63, 3.8) is 0 Å². The molecule has 0 aromatic heterocycles. The van der Waals surface area contributed by atoms with E-state index in [9.17, 15) is 9.59 Å². The number of benzene rings is 1. The van der Waals surface area contributed by atoms with Crippen molar-refractivity contribution in [2.75, 3.05) is 6.54 Å². The topological polar surface area (TPSA) is 66.4 Å². The maximum Gasteiger partial charge on any atom is 0.308 e. The highest BCUT2D eigenvalue weighted by molar-refractivity contribution is 9.10. The van der Waals surface area contributed by atoms with Gasteiger partial charge in [-0.3, -0.25) is 9.59 Å². The molecule has 0 aliphatic rings. The lowest BCUT2D eigenvalue weighted by atomic mass is 10.2. The van der Waals surface area contributed by atoms with Crippen LogP contribution in [0.3, 0.4) is 0 Å². The van der Waals surface area contributed by atoms with Gasteiger partial charge in [0, 0.05) is 17.1 Å². The molecule has 0 spiro atoms. The molecule has 1 atom stereocenters. The molecule has 96 valence electrons. The van der Waals surface area contributed by atoms with E-state index in [0.717, 1.165) is 10.0 Å². The van der Waals surface area contributed by atoms with Crippen LogP contribution in [0, 0.1) is 5.92 Å². The van der Waals surface area contributed by atoms with Gasteiger partial charge in [0.05, 0.1) is 5.92 Å². The molecule has 1 amide bonds. The zero-order valence-corrected chi connectivity index (χ0v) is 11.5. The fourth-order valence-electron chi connectivity index (χ4n) is 1.15. The van der Waals surface area contributed by atoms with Crippen LogP contribution >= 0.6 is 15.9 Å². The molecule has 0 radical (unpaired) electrons. The number of carbonyl (C=O) groups is 2. The van der Waals surface area contributed by atoms with Crippen molar-refractivity contribution in [2.45, 2.75) is 6.92 Å². The Balaban J connectivity index is 2.45. The summed E-state index contributed by atoms with van der Waals surface area (Å²) in [5, 5.41) is 11.2. The fourth-order valence-corrected chi connectivity index (χ4v) is 1.41. The lowest BCUT2D eigenvalue weighted by Crippen LogP contribution is -2.30. The first kappa shape index (κ1) is 14.4. The summed E-state index contributed by atoms with van der Waals surface area (Å²) in [6.07, 6.45) is 3.06. The number of carboxylic acids is 1. The van der Waals surface area contributed by atoms with Crippen molar-refractivity contribution in [1.82, 2.24) is 5.32 Å². The molecule has 1 rings (SSSR count). The van der Waals surface area contributed by atoms with Gasteiger partial charge < -0.3 is 10.4 Å². The second kappa shape index (κ2) is 6.96. The Morgan fingerprint density at radius 1 is 1.39 bits per heavy atom. The van der Waals surface area contributed by atoms with E-state index < -0.39 is 11.9 Å². The molecule has 0 aliphatic carbocycles. The quantitative estimate of drug-likeness (QED) is 0.820. The Hall–Kier alpha value is -1.62. The van der Waals surface area contributed by atoms with Gasteiger partial charge in [-0.2, -0.15) is 0 Å². The summed E-state index contributed by atoms with van der Waals surface area (Å²) < 4.78 is 0.972. The summed E-state index contributed by atoms with van der Waals surface area (Å²) in [7, 11) is 0. The van der Waals surface area contributed by atoms with E-state index in [4.69, 9.17) is 5.11 Å². The number of nitrogens with one attached hydrogen (secondary N) is 1. The molecule has 0 aliphatic heterocycles. The lowest BCUT2D eigenvalue weighted by molar-refractivity contribution is -0.141. The standard InChI is InChI=1S/C13H14BrNO3/c1-9(13(17)18)8-15-12(16)7-4-10-2-5-11(14)6-3-10/h2-7,9H,8H2,1H3,(H,15,16)(H,17,18)/b7-4+. The molecule has 0 bridgehead atoms. The molecule has 1 aromatic carbocycles. The highest BCUT2D eigenvalue weighted by atomic mass is 79.9. The van der Waals surface area contributed by atoms with Crippen LogP contribution in [0.1, 0.15) is 12.5 Å². The molecule has 1 unspecified atom stereocenters. The summed E-state index contributed by atoms with van der Waals surface area (Å²) in [6, 6.07) is 7.50. The van der Waals surface area contributed by atoms with Gasteiger partial charge in [-0.25, -0.2) is 0 Å². The van der Waals surface area contributed by atoms with Crippen LogP contribution in [0.15, 0.2) is 34.8 Å².